The number of nitrogens with one attached hydrogen (secondary N) is 1. The molecule has 1 saturated carbocycles. The van der Waals surface area contributed by atoms with Gasteiger partial charge in [-0.1, -0.05) is 6.42 Å². The van der Waals surface area contributed by atoms with Crippen molar-refractivity contribution < 1.29 is 14.9 Å². The molecule has 3 N–H and O–H groups in total. The van der Waals surface area contributed by atoms with Crippen molar-refractivity contribution in [2.24, 2.45) is 5.92 Å². The van der Waals surface area contributed by atoms with E-state index in [1.165, 1.54) is 7.11 Å². The molecule has 1 aromatic rings. The highest BCUT2D eigenvalue weighted by molar-refractivity contribution is 9.10. The molecule has 0 amide bonds. The Kier molecular flexibility index (Phi) is 5.07. The first-order chi connectivity index (χ1) is 9.11. The molecule has 0 bridgehead atoms. The van der Waals surface area contributed by atoms with Crippen LogP contribution in [0.5, 0.6) is 11.5 Å². The SMILES string of the molecule is COc1cc(CNCC2CCCC2O)cc(Br)c1O. The molecule has 5 heteroatoms. The number of aromatic hydroxyl groups is 1. The second-order valence-corrected chi connectivity index (χ2v) is 5.87. The maximum atomic E-state index is 9.75. The van der Waals surface area contributed by atoms with Crippen LogP contribution in [-0.4, -0.2) is 30.0 Å². The first-order valence-electron chi connectivity index (χ1n) is 6.56. The van der Waals surface area contributed by atoms with Crippen LogP contribution >= 0.6 is 15.9 Å². The van der Waals surface area contributed by atoms with E-state index in [1.54, 1.807) is 0 Å². The quantitative estimate of drug-likeness (QED) is 0.776. The average Bonchev–Trinajstić information content (AvgIpc) is 2.79. The third-order valence-electron chi connectivity index (χ3n) is 3.66. The minimum Gasteiger partial charge on any atom is -0.503 e. The van der Waals surface area contributed by atoms with Gasteiger partial charge in [0.25, 0.3) is 0 Å². The summed E-state index contributed by atoms with van der Waals surface area (Å²) in [6.45, 7) is 1.51. The molecule has 0 heterocycles. The molecule has 0 aromatic heterocycles. The number of phenolic OH excluding ortho intramolecular Hbond substituents is 1. The van der Waals surface area contributed by atoms with Gasteiger partial charge in [-0.2, -0.15) is 0 Å². The molecule has 0 spiro atoms. The van der Waals surface area contributed by atoms with Gasteiger partial charge in [-0.15, -0.1) is 0 Å². The largest absolute Gasteiger partial charge is 0.503 e. The van der Waals surface area contributed by atoms with Gasteiger partial charge >= 0.3 is 0 Å². The normalized spacial score (nSPS) is 22.7. The molecule has 106 valence electrons. The van der Waals surface area contributed by atoms with Crippen LogP contribution in [-0.2, 0) is 6.54 Å². The summed E-state index contributed by atoms with van der Waals surface area (Å²) in [7, 11) is 1.54. The van der Waals surface area contributed by atoms with Crippen molar-refractivity contribution in [3.8, 4) is 11.5 Å². The monoisotopic (exact) mass is 329 g/mol. The molecular weight excluding hydrogens is 310 g/mol. The molecule has 4 nitrogen and oxygen atoms in total. The first kappa shape index (κ1) is 14.6. The Labute approximate surface area is 121 Å². The lowest BCUT2D eigenvalue weighted by Crippen LogP contribution is -2.27. The van der Waals surface area contributed by atoms with Crippen LogP contribution in [0.15, 0.2) is 16.6 Å². The molecule has 19 heavy (non-hydrogen) atoms. The van der Waals surface area contributed by atoms with Crippen molar-refractivity contribution in [2.45, 2.75) is 31.9 Å². The van der Waals surface area contributed by atoms with Crippen LogP contribution in [0.4, 0.5) is 0 Å². The highest BCUT2D eigenvalue weighted by Gasteiger charge is 2.24. The van der Waals surface area contributed by atoms with E-state index in [4.69, 9.17) is 4.74 Å². The maximum absolute atomic E-state index is 9.75. The summed E-state index contributed by atoms with van der Waals surface area (Å²) in [6, 6.07) is 3.69. The van der Waals surface area contributed by atoms with Gasteiger partial charge in [0, 0.05) is 13.1 Å². The van der Waals surface area contributed by atoms with E-state index in [0.717, 1.165) is 31.4 Å². The molecule has 2 rings (SSSR count). The van der Waals surface area contributed by atoms with Crippen LogP contribution in [0, 0.1) is 5.92 Å². The number of aliphatic hydroxyl groups excluding tert-OH is 1. The smallest absolute Gasteiger partial charge is 0.172 e. The predicted octanol–water partition coefficient (Wildman–Crippen LogP) is 2.41. The van der Waals surface area contributed by atoms with Gasteiger partial charge in [-0.3, -0.25) is 0 Å². The van der Waals surface area contributed by atoms with Crippen molar-refractivity contribution in [1.29, 1.82) is 0 Å². The number of hydrogen-bond acceptors (Lipinski definition) is 4. The lowest BCUT2D eigenvalue weighted by atomic mass is 10.1. The van der Waals surface area contributed by atoms with E-state index < -0.39 is 0 Å². The molecule has 0 aliphatic heterocycles. The summed E-state index contributed by atoms with van der Waals surface area (Å²) in [6.07, 6.45) is 2.97. The van der Waals surface area contributed by atoms with E-state index in [2.05, 4.69) is 21.2 Å². The third-order valence-corrected chi connectivity index (χ3v) is 4.27. The number of aliphatic hydroxyl groups is 1. The number of halogens is 1. The van der Waals surface area contributed by atoms with Crippen molar-refractivity contribution in [2.75, 3.05) is 13.7 Å². The van der Waals surface area contributed by atoms with Gasteiger partial charge in [0.1, 0.15) is 0 Å². The Balaban J connectivity index is 1.90. The summed E-state index contributed by atoms with van der Waals surface area (Å²) in [5.41, 5.74) is 1.04. The Bertz CT molecular complexity index is 439. The van der Waals surface area contributed by atoms with Gasteiger partial charge in [0.2, 0.25) is 0 Å². The Hall–Kier alpha value is -0.780. The van der Waals surface area contributed by atoms with Crippen LogP contribution in [0.3, 0.4) is 0 Å². The summed E-state index contributed by atoms with van der Waals surface area (Å²) in [5.74, 6) is 0.951. The molecule has 1 aromatic carbocycles. The van der Waals surface area contributed by atoms with Crippen LogP contribution in [0.1, 0.15) is 24.8 Å². The molecule has 1 aliphatic rings. The molecular formula is C14H20BrNO3. The number of methoxy groups -OCH3 is 1. The van der Waals surface area contributed by atoms with Gasteiger partial charge < -0.3 is 20.3 Å². The fourth-order valence-electron chi connectivity index (χ4n) is 2.54. The van der Waals surface area contributed by atoms with E-state index in [0.29, 0.717) is 22.7 Å². The Morgan fingerprint density at radius 3 is 2.84 bits per heavy atom. The van der Waals surface area contributed by atoms with Crippen molar-refractivity contribution >= 4 is 15.9 Å². The lowest BCUT2D eigenvalue weighted by Gasteiger charge is -2.15. The molecule has 2 unspecified atom stereocenters. The first-order valence-corrected chi connectivity index (χ1v) is 7.35. The maximum Gasteiger partial charge on any atom is 0.172 e. The van der Waals surface area contributed by atoms with Crippen LogP contribution in [0.2, 0.25) is 0 Å². The average molecular weight is 330 g/mol. The minimum atomic E-state index is -0.159. The third kappa shape index (κ3) is 3.61. The topological polar surface area (TPSA) is 61.7 Å². The standard InChI is InChI=1S/C14H20BrNO3/c1-19-13-6-9(5-11(15)14(13)18)7-16-8-10-3-2-4-12(10)17/h5-6,10,12,16-18H,2-4,7-8H2,1H3. The predicted molar refractivity (Wildman–Crippen MR) is 77.4 cm³/mol. The van der Waals surface area contributed by atoms with E-state index in [9.17, 15) is 10.2 Å². The summed E-state index contributed by atoms with van der Waals surface area (Å²) in [5, 5.41) is 22.8. The molecule has 0 radical (unpaired) electrons. The highest BCUT2D eigenvalue weighted by atomic mass is 79.9. The van der Waals surface area contributed by atoms with Gasteiger partial charge in [-0.25, -0.2) is 0 Å². The van der Waals surface area contributed by atoms with Crippen molar-refractivity contribution in [1.82, 2.24) is 5.32 Å². The molecule has 1 aliphatic carbocycles. The minimum absolute atomic E-state index is 0.123. The molecule has 0 saturated heterocycles. The highest BCUT2D eigenvalue weighted by Crippen LogP contribution is 2.35. The summed E-state index contributed by atoms with van der Waals surface area (Å²) in [4.78, 5) is 0. The fourth-order valence-corrected chi connectivity index (χ4v) is 3.03. The van der Waals surface area contributed by atoms with E-state index in [1.807, 2.05) is 12.1 Å². The number of benzene rings is 1. The number of hydrogen-bond donors (Lipinski definition) is 3. The number of rotatable bonds is 5. The second kappa shape index (κ2) is 6.59. The Morgan fingerprint density at radius 2 is 2.21 bits per heavy atom. The Morgan fingerprint density at radius 1 is 1.42 bits per heavy atom. The van der Waals surface area contributed by atoms with Gasteiger partial charge in [0.15, 0.2) is 11.5 Å². The van der Waals surface area contributed by atoms with Crippen molar-refractivity contribution in [3.63, 3.8) is 0 Å². The van der Waals surface area contributed by atoms with Gasteiger partial charge in [0.05, 0.1) is 17.7 Å². The summed E-state index contributed by atoms with van der Waals surface area (Å²) < 4.78 is 5.74. The fraction of sp³-hybridized carbons (Fsp3) is 0.571. The summed E-state index contributed by atoms with van der Waals surface area (Å²) >= 11 is 3.31. The second-order valence-electron chi connectivity index (χ2n) is 5.02. The zero-order valence-electron chi connectivity index (χ0n) is 11.0. The van der Waals surface area contributed by atoms with E-state index in [-0.39, 0.29) is 11.9 Å². The number of ether oxygens (including phenoxy) is 1. The number of phenols is 1. The lowest BCUT2D eigenvalue weighted by molar-refractivity contribution is 0.131. The van der Waals surface area contributed by atoms with Gasteiger partial charge in [-0.05, 0) is 52.4 Å². The zero-order valence-corrected chi connectivity index (χ0v) is 12.6. The van der Waals surface area contributed by atoms with Crippen molar-refractivity contribution in [3.05, 3.63) is 22.2 Å². The van der Waals surface area contributed by atoms with Crippen LogP contribution in [0.25, 0.3) is 0 Å². The van der Waals surface area contributed by atoms with Crippen LogP contribution < -0.4 is 10.1 Å². The molecule has 2 atom stereocenters. The zero-order chi connectivity index (χ0) is 13.8. The van der Waals surface area contributed by atoms with E-state index >= 15 is 0 Å². The molecule has 1 fully saturated rings.